The van der Waals surface area contributed by atoms with E-state index in [9.17, 15) is 4.79 Å². The van der Waals surface area contributed by atoms with Crippen LogP contribution in [0.4, 0.5) is 0 Å². The van der Waals surface area contributed by atoms with Crippen molar-refractivity contribution in [3.63, 3.8) is 0 Å². The zero-order chi connectivity index (χ0) is 15.9. The summed E-state index contributed by atoms with van der Waals surface area (Å²) in [6, 6.07) is 23.5. The molecule has 2 aromatic carbocycles. The lowest BCUT2D eigenvalue weighted by Gasteiger charge is -2.17. The molecule has 0 spiro atoms. The van der Waals surface area contributed by atoms with Crippen LogP contribution in [0.2, 0.25) is 0 Å². The molecule has 1 unspecified atom stereocenters. The van der Waals surface area contributed by atoms with Gasteiger partial charge in [-0.3, -0.25) is 9.78 Å². The van der Waals surface area contributed by atoms with E-state index >= 15 is 0 Å². The van der Waals surface area contributed by atoms with Gasteiger partial charge in [-0.25, -0.2) is 0 Å². The fraction of sp³-hybridized carbons (Fsp3) is 0.100. The molecule has 114 valence electrons. The Bertz CT molecular complexity index is 703. The summed E-state index contributed by atoms with van der Waals surface area (Å²) < 4.78 is 0. The van der Waals surface area contributed by atoms with Crippen molar-refractivity contribution in [3.05, 3.63) is 102 Å². The fourth-order valence-corrected chi connectivity index (χ4v) is 2.58. The van der Waals surface area contributed by atoms with Gasteiger partial charge in [-0.1, -0.05) is 60.7 Å². The Morgan fingerprint density at radius 1 is 0.826 bits per heavy atom. The molecule has 0 aliphatic heterocycles. The average molecular weight is 302 g/mol. The van der Waals surface area contributed by atoms with Crippen molar-refractivity contribution in [3.8, 4) is 0 Å². The van der Waals surface area contributed by atoms with E-state index in [0.717, 1.165) is 16.7 Å². The summed E-state index contributed by atoms with van der Waals surface area (Å²) in [6.45, 7) is 0.522. The van der Waals surface area contributed by atoms with Crippen LogP contribution in [0.25, 0.3) is 0 Å². The van der Waals surface area contributed by atoms with Gasteiger partial charge in [-0.15, -0.1) is 0 Å². The average Bonchev–Trinajstić information content (AvgIpc) is 2.63. The van der Waals surface area contributed by atoms with Crippen molar-refractivity contribution in [2.24, 2.45) is 0 Å². The predicted octanol–water partition coefficient (Wildman–Crippen LogP) is 3.53. The highest BCUT2D eigenvalue weighted by Crippen LogP contribution is 2.24. The highest BCUT2D eigenvalue weighted by molar-refractivity contribution is 5.87. The first-order valence-electron chi connectivity index (χ1n) is 7.61. The second kappa shape index (κ2) is 7.36. The Balaban J connectivity index is 1.82. The van der Waals surface area contributed by atoms with Gasteiger partial charge in [0, 0.05) is 18.9 Å². The van der Waals surface area contributed by atoms with Crippen LogP contribution >= 0.6 is 0 Å². The van der Waals surface area contributed by atoms with Gasteiger partial charge < -0.3 is 5.32 Å². The van der Waals surface area contributed by atoms with E-state index in [-0.39, 0.29) is 11.8 Å². The molecular weight excluding hydrogens is 284 g/mol. The second-order valence-corrected chi connectivity index (χ2v) is 5.33. The number of nitrogens with one attached hydrogen (secondary N) is 1. The van der Waals surface area contributed by atoms with Crippen molar-refractivity contribution >= 4 is 5.91 Å². The predicted molar refractivity (Wildman–Crippen MR) is 90.8 cm³/mol. The first kappa shape index (κ1) is 15.0. The first-order valence-corrected chi connectivity index (χ1v) is 7.61. The molecule has 0 radical (unpaired) electrons. The summed E-state index contributed by atoms with van der Waals surface area (Å²) in [5, 5.41) is 3.04. The van der Waals surface area contributed by atoms with Gasteiger partial charge in [0.15, 0.2) is 0 Å². The number of carbonyl (C=O) groups excluding carboxylic acids is 1. The molecule has 0 aliphatic rings. The molecule has 1 atom stereocenters. The summed E-state index contributed by atoms with van der Waals surface area (Å²) in [7, 11) is 0. The zero-order valence-electron chi connectivity index (χ0n) is 12.7. The molecule has 3 nitrogen and oxygen atoms in total. The van der Waals surface area contributed by atoms with Crippen LogP contribution in [0.15, 0.2) is 85.2 Å². The Morgan fingerprint density at radius 3 is 2.04 bits per heavy atom. The molecule has 3 aromatic rings. The third kappa shape index (κ3) is 3.83. The maximum atomic E-state index is 12.8. The molecular formula is C20H18N2O. The standard InChI is InChI=1S/C20H18N2O/c23-20(22-15-16-7-3-1-4-8-16)19(17-9-5-2-6-10-17)18-11-13-21-14-12-18/h1-14,19H,15H2,(H,22,23). The molecule has 1 amide bonds. The molecule has 0 saturated heterocycles. The fourth-order valence-electron chi connectivity index (χ4n) is 2.58. The van der Waals surface area contributed by atoms with E-state index in [1.54, 1.807) is 12.4 Å². The van der Waals surface area contributed by atoms with Gasteiger partial charge in [0.1, 0.15) is 0 Å². The van der Waals surface area contributed by atoms with Crippen LogP contribution in [-0.2, 0) is 11.3 Å². The van der Waals surface area contributed by atoms with Crippen LogP contribution in [-0.4, -0.2) is 10.9 Å². The Labute approximate surface area is 136 Å². The lowest BCUT2D eigenvalue weighted by molar-refractivity contribution is -0.121. The van der Waals surface area contributed by atoms with Gasteiger partial charge >= 0.3 is 0 Å². The molecule has 3 heteroatoms. The smallest absolute Gasteiger partial charge is 0.232 e. The van der Waals surface area contributed by atoms with E-state index in [0.29, 0.717) is 6.54 Å². The Kier molecular flexibility index (Phi) is 4.79. The molecule has 1 aromatic heterocycles. The number of amides is 1. The van der Waals surface area contributed by atoms with Crippen molar-refractivity contribution < 1.29 is 4.79 Å². The number of nitrogens with zero attached hydrogens (tertiary/aromatic N) is 1. The van der Waals surface area contributed by atoms with Crippen LogP contribution in [0.3, 0.4) is 0 Å². The Hall–Kier alpha value is -2.94. The SMILES string of the molecule is O=C(NCc1ccccc1)C(c1ccccc1)c1ccncc1. The minimum Gasteiger partial charge on any atom is -0.351 e. The molecule has 0 bridgehead atoms. The van der Waals surface area contributed by atoms with Crippen LogP contribution < -0.4 is 5.32 Å². The number of rotatable bonds is 5. The number of hydrogen-bond donors (Lipinski definition) is 1. The topological polar surface area (TPSA) is 42.0 Å². The molecule has 0 saturated carbocycles. The summed E-state index contributed by atoms with van der Waals surface area (Å²) in [6.07, 6.45) is 3.44. The minimum atomic E-state index is -0.331. The van der Waals surface area contributed by atoms with Crippen LogP contribution in [0, 0.1) is 0 Å². The highest BCUT2D eigenvalue weighted by Gasteiger charge is 2.22. The number of hydrogen-bond acceptors (Lipinski definition) is 2. The lowest BCUT2D eigenvalue weighted by atomic mass is 9.91. The van der Waals surface area contributed by atoms with E-state index in [1.807, 2.05) is 72.8 Å². The molecule has 1 heterocycles. The van der Waals surface area contributed by atoms with E-state index in [1.165, 1.54) is 0 Å². The first-order chi connectivity index (χ1) is 11.3. The number of benzene rings is 2. The molecule has 0 aliphatic carbocycles. The second-order valence-electron chi connectivity index (χ2n) is 5.33. The van der Waals surface area contributed by atoms with E-state index in [2.05, 4.69) is 10.3 Å². The van der Waals surface area contributed by atoms with Gasteiger partial charge in [0.25, 0.3) is 0 Å². The van der Waals surface area contributed by atoms with Gasteiger partial charge in [0.2, 0.25) is 5.91 Å². The molecule has 3 rings (SSSR count). The van der Waals surface area contributed by atoms with Crippen molar-refractivity contribution in [2.75, 3.05) is 0 Å². The summed E-state index contributed by atoms with van der Waals surface area (Å²) in [4.78, 5) is 16.8. The third-order valence-corrected chi connectivity index (χ3v) is 3.74. The molecule has 0 fully saturated rings. The quantitative estimate of drug-likeness (QED) is 0.783. The minimum absolute atomic E-state index is 0.00810. The number of aromatic nitrogens is 1. The summed E-state index contributed by atoms with van der Waals surface area (Å²) >= 11 is 0. The molecule has 23 heavy (non-hydrogen) atoms. The van der Waals surface area contributed by atoms with Crippen molar-refractivity contribution in [1.82, 2.24) is 10.3 Å². The lowest BCUT2D eigenvalue weighted by Crippen LogP contribution is -2.29. The van der Waals surface area contributed by atoms with Crippen LogP contribution in [0.1, 0.15) is 22.6 Å². The number of carbonyl (C=O) groups is 1. The summed E-state index contributed by atoms with van der Waals surface area (Å²) in [5.74, 6) is -0.339. The highest BCUT2D eigenvalue weighted by atomic mass is 16.1. The Morgan fingerprint density at radius 2 is 1.39 bits per heavy atom. The third-order valence-electron chi connectivity index (χ3n) is 3.74. The summed E-state index contributed by atoms with van der Waals surface area (Å²) in [5.41, 5.74) is 3.00. The van der Waals surface area contributed by atoms with Crippen molar-refractivity contribution in [1.29, 1.82) is 0 Å². The van der Waals surface area contributed by atoms with E-state index in [4.69, 9.17) is 0 Å². The van der Waals surface area contributed by atoms with Gasteiger partial charge in [-0.05, 0) is 28.8 Å². The largest absolute Gasteiger partial charge is 0.351 e. The maximum Gasteiger partial charge on any atom is 0.232 e. The van der Waals surface area contributed by atoms with Crippen molar-refractivity contribution in [2.45, 2.75) is 12.5 Å². The molecule has 1 N–H and O–H groups in total. The monoisotopic (exact) mass is 302 g/mol. The zero-order valence-corrected chi connectivity index (χ0v) is 12.7. The van der Waals surface area contributed by atoms with Gasteiger partial charge in [0.05, 0.1) is 5.92 Å². The van der Waals surface area contributed by atoms with Crippen LogP contribution in [0.5, 0.6) is 0 Å². The normalized spacial score (nSPS) is 11.7. The van der Waals surface area contributed by atoms with Gasteiger partial charge in [-0.2, -0.15) is 0 Å². The van der Waals surface area contributed by atoms with E-state index < -0.39 is 0 Å². The maximum absolute atomic E-state index is 12.8. The number of pyridine rings is 1.